The molecule has 2 unspecified atom stereocenters. The topological polar surface area (TPSA) is 45.5 Å². The average molecular weight is 276 g/mol. The summed E-state index contributed by atoms with van der Waals surface area (Å²) in [6.07, 6.45) is 3.32. The molecule has 1 aliphatic carbocycles. The first-order valence-electron chi connectivity index (χ1n) is 7.69. The zero-order valence-corrected chi connectivity index (χ0v) is 12.4. The van der Waals surface area contributed by atoms with Gasteiger partial charge in [-0.3, -0.25) is 4.79 Å². The van der Waals surface area contributed by atoms with Crippen LogP contribution in [0.2, 0.25) is 0 Å². The molecule has 0 aromatic carbocycles. The van der Waals surface area contributed by atoms with Gasteiger partial charge in [-0.05, 0) is 43.9 Å². The van der Waals surface area contributed by atoms with E-state index in [2.05, 4.69) is 18.3 Å². The molecule has 2 fully saturated rings. The normalized spacial score (nSPS) is 29.2. The van der Waals surface area contributed by atoms with Crippen molar-refractivity contribution in [2.24, 2.45) is 11.8 Å². The van der Waals surface area contributed by atoms with E-state index in [1.54, 1.807) is 4.90 Å². The lowest BCUT2D eigenvalue weighted by Gasteiger charge is -2.26. The molecule has 1 amide bonds. The van der Waals surface area contributed by atoms with Gasteiger partial charge in [0.25, 0.3) is 0 Å². The molecule has 0 bridgehead atoms. The van der Waals surface area contributed by atoms with Crippen LogP contribution in [0.25, 0.3) is 0 Å². The van der Waals surface area contributed by atoms with Crippen LogP contribution in [0.15, 0.2) is 16.5 Å². The smallest absolute Gasteiger partial charge is 0.227 e. The second kappa shape index (κ2) is 5.60. The van der Waals surface area contributed by atoms with Crippen molar-refractivity contribution in [3.05, 3.63) is 23.7 Å². The predicted octanol–water partition coefficient (Wildman–Crippen LogP) is 2.36. The number of nitrogens with zero attached hydrogens (tertiary/aromatic N) is 1. The van der Waals surface area contributed by atoms with Crippen molar-refractivity contribution in [1.29, 1.82) is 0 Å². The molecular weight excluding hydrogens is 252 g/mol. The van der Waals surface area contributed by atoms with Crippen molar-refractivity contribution in [2.75, 3.05) is 20.1 Å². The van der Waals surface area contributed by atoms with Crippen LogP contribution in [0.3, 0.4) is 0 Å². The molecular formula is C16H24N2O2. The molecule has 1 saturated heterocycles. The molecule has 4 nitrogen and oxygen atoms in total. The van der Waals surface area contributed by atoms with Gasteiger partial charge >= 0.3 is 0 Å². The molecule has 1 saturated carbocycles. The van der Waals surface area contributed by atoms with Crippen LogP contribution in [-0.2, 0) is 11.3 Å². The van der Waals surface area contributed by atoms with E-state index in [-0.39, 0.29) is 11.8 Å². The van der Waals surface area contributed by atoms with Gasteiger partial charge in [-0.2, -0.15) is 0 Å². The molecule has 1 aliphatic heterocycles. The second-order valence-electron chi connectivity index (χ2n) is 6.36. The lowest BCUT2D eigenvalue weighted by atomic mass is 9.98. The monoisotopic (exact) mass is 276 g/mol. The Labute approximate surface area is 120 Å². The van der Waals surface area contributed by atoms with E-state index in [0.29, 0.717) is 12.5 Å². The molecule has 1 N–H and O–H groups in total. The van der Waals surface area contributed by atoms with Crippen molar-refractivity contribution in [3.8, 4) is 0 Å². The highest BCUT2D eigenvalue weighted by molar-refractivity contribution is 5.78. The van der Waals surface area contributed by atoms with Crippen molar-refractivity contribution >= 4 is 5.91 Å². The maximum absolute atomic E-state index is 12.4. The van der Waals surface area contributed by atoms with E-state index < -0.39 is 0 Å². The summed E-state index contributed by atoms with van der Waals surface area (Å²) in [5.74, 6) is 3.71. The minimum absolute atomic E-state index is 0.131. The SMILES string of the molecule is CC1CC1c1ccc(CN(C)C(=O)[C@@H]2CCCNC2)o1. The first-order valence-corrected chi connectivity index (χ1v) is 7.69. The number of rotatable bonds is 4. The molecule has 20 heavy (non-hydrogen) atoms. The van der Waals surface area contributed by atoms with E-state index in [9.17, 15) is 4.79 Å². The van der Waals surface area contributed by atoms with Crippen LogP contribution in [0.5, 0.6) is 0 Å². The van der Waals surface area contributed by atoms with E-state index in [0.717, 1.165) is 43.4 Å². The van der Waals surface area contributed by atoms with Crippen LogP contribution >= 0.6 is 0 Å². The first kappa shape index (κ1) is 13.7. The summed E-state index contributed by atoms with van der Waals surface area (Å²) in [6.45, 7) is 4.68. The summed E-state index contributed by atoms with van der Waals surface area (Å²) in [4.78, 5) is 14.2. The fraction of sp³-hybridized carbons (Fsp3) is 0.688. The standard InChI is InChI=1S/C16H24N2O2/c1-11-8-14(11)15-6-5-13(20-15)10-18(2)16(19)12-4-3-7-17-9-12/h5-6,11-12,14,17H,3-4,7-10H2,1-2H3/t11?,12-,14?/m1/s1. The quantitative estimate of drug-likeness (QED) is 0.918. The Morgan fingerprint density at radius 1 is 1.50 bits per heavy atom. The summed E-state index contributed by atoms with van der Waals surface area (Å²) < 4.78 is 5.88. The third kappa shape index (κ3) is 2.90. The van der Waals surface area contributed by atoms with Crippen LogP contribution in [-0.4, -0.2) is 30.9 Å². The van der Waals surface area contributed by atoms with Gasteiger partial charge in [0, 0.05) is 19.5 Å². The van der Waals surface area contributed by atoms with Gasteiger partial charge in [0.15, 0.2) is 0 Å². The number of carbonyl (C=O) groups excluding carboxylic acids is 1. The Morgan fingerprint density at radius 3 is 2.95 bits per heavy atom. The summed E-state index contributed by atoms with van der Waals surface area (Å²) >= 11 is 0. The molecule has 1 aromatic rings. The van der Waals surface area contributed by atoms with Gasteiger partial charge < -0.3 is 14.6 Å². The first-order chi connectivity index (χ1) is 9.65. The summed E-state index contributed by atoms with van der Waals surface area (Å²) in [5.41, 5.74) is 0. The maximum Gasteiger partial charge on any atom is 0.227 e. The Morgan fingerprint density at radius 2 is 2.30 bits per heavy atom. The largest absolute Gasteiger partial charge is 0.464 e. The van der Waals surface area contributed by atoms with Crippen LogP contribution in [0.1, 0.15) is 43.6 Å². The Kier molecular flexibility index (Phi) is 3.83. The van der Waals surface area contributed by atoms with E-state index >= 15 is 0 Å². The molecule has 0 radical (unpaired) electrons. The van der Waals surface area contributed by atoms with Crippen molar-refractivity contribution < 1.29 is 9.21 Å². The Hall–Kier alpha value is -1.29. The van der Waals surface area contributed by atoms with Crippen molar-refractivity contribution in [1.82, 2.24) is 10.2 Å². The van der Waals surface area contributed by atoms with Crippen molar-refractivity contribution in [3.63, 3.8) is 0 Å². The predicted molar refractivity (Wildman–Crippen MR) is 77.3 cm³/mol. The molecule has 2 aliphatic rings. The summed E-state index contributed by atoms with van der Waals surface area (Å²) in [6, 6.07) is 4.09. The fourth-order valence-corrected chi connectivity index (χ4v) is 3.08. The maximum atomic E-state index is 12.4. The highest BCUT2D eigenvalue weighted by Gasteiger charge is 2.36. The molecule has 110 valence electrons. The van der Waals surface area contributed by atoms with Gasteiger partial charge in [-0.25, -0.2) is 0 Å². The van der Waals surface area contributed by atoms with Crippen molar-refractivity contribution in [2.45, 2.75) is 38.6 Å². The van der Waals surface area contributed by atoms with Gasteiger partial charge in [0.1, 0.15) is 11.5 Å². The number of furan rings is 1. The van der Waals surface area contributed by atoms with Gasteiger partial charge in [-0.15, -0.1) is 0 Å². The number of hydrogen-bond acceptors (Lipinski definition) is 3. The molecule has 3 rings (SSSR count). The highest BCUT2D eigenvalue weighted by atomic mass is 16.3. The summed E-state index contributed by atoms with van der Waals surface area (Å²) in [5, 5.41) is 3.30. The molecule has 4 heteroatoms. The lowest BCUT2D eigenvalue weighted by molar-refractivity contribution is -0.135. The third-order valence-corrected chi connectivity index (χ3v) is 4.57. The molecule has 3 atom stereocenters. The van der Waals surface area contributed by atoms with E-state index in [1.807, 2.05) is 13.1 Å². The third-order valence-electron chi connectivity index (χ3n) is 4.57. The average Bonchev–Trinajstić information content (AvgIpc) is 3.01. The van der Waals surface area contributed by atoms with Crippen LogP contribution in [0, 0.1) is 11.8 Å². The number of nitrogens with one attached hydrogen (secondary N) is 1. The van der Waals surface area contributed by atoms with Gasteiger partial charge in [-0.1, -0.05) is 6.92 Å². The minimum atomic E-state index is 0.131. The Balaban J connectivity index is 1.56. The molecule has 2 heterocycles. The zero-order valence-electron chi connectivity index (χ0n) is 12.4. The fourth-order valence-electron chi connectivity index (χ4n) is 3.08. The second-order valence-corrected chi connectivity index (χ2v) is 6.36. The Bertz CT molecular complexity index is 477. The van der Waals surface area contributed by atoms with Crippen LogP contribution in [0.4, 0.5) is 0 Å². The van der Waals surface area contributed by atoms with E-state index in [4.69, 9.17) is 4.42 Å². The zero-order chi connectivity index (χ0) is 14.1. The number of amides is 1. The van der Waals surface area contributed by atoms with E-state index in [1.165, 1.54) is 6.42 Å². The lowest BCUT2D eigenvalue weighted by Crippen LogP contribution is -2.41. The minimum Gasteiger partial charge on any atom is -0.464 e. The highest BCUT2D eigenvalue weighted by Crippen LogP contribution is 2.47. The molecule has 0 spiro atoms. The van der Waals surface area contributed by atoms with Gasteiger partial charge in [0.05, 0.1) is 12.5 Å². The van der Waals surface area contributed by atoms with Gasteiger partial charge in [0.2, 0.25) is 5.91 Å². The molecule has 1 aromatic heterocycles. The number of hydrogen-bond donors (Lipinski definition) is 1. The number of piperidine rings is 1. The van der Waals surface area contributed by atoms with Crippen LogP contribution < -0.4 is 5.32 Å². The number of carbonyl (C=O) groups is 1. The summed E-state index contributed by atoms with van der Waals surface area (Å²) in [7, 11) is 1.87.